The molecule has 0 aliphatic heterocycles. The molecule has 0 saturated heterocycles. The Morgan fingerprint density at radius 3 is 1.01 bits per heavy atom. The Balaban J connectivity index is 0.00000523. The van der Waals surface area contributed by atoms with Gasteiger partial charge in [0, 0.05) is 75.8 Å². The maximum atomic E-state index is 12.8. The average molecular weight is 1710 g/mol. The summed E-state index contributed by atoms with van der Waals surface area (Å²) in [5.41, 5.74) is 24.4. The van der Waals surface area contributed by atoms with Gasteiger partial charge in [-0.2, -0.15) is 0 Å². The zero-order valence-corrected chi connectivity index (χ0v) is 67.2. The molecule has 0 bridgehead atoms. The normalized spacial score (nSPS) is 12.4. The second kappa shape index (κ2) is 27.4. The van der Waals surface area contributed by atoms with E-state index in [4.69, 9.17) is 19.9 Å². The van der Waals surface area contributed by atoms with Crippen molar-refractivity contribution < 1.29 is 52.3 Å². The molecular weight excluding hydrogens is 1610 g/mol. The summed E-state index contributed by atoms with van der Waals surface area (Å²) in [5, 5.41) is 25.5. The first-order chi connectivity index (χ1) is 47.0. The number of imidazole rings is 2. The van der Waals surface area contributed by atoms with E-state index in [-0.39, 0.29) is 86.1 Å². The molecule has 13 aromatic rings. The summed E-state index contributed by atoms with van der Waals surface area (Å²) in [7, 11) is 0. The second-order valence-corrected chi connectivity index (χ2v) is 33.7. The number of benzene rings is 10. The van der Waals surface area contributed by atoms with Crippen LogP contribution in [0.15, 0.2) is 194 Å². The Morgan fingerprint density at radius 2 is 0.667 bits per heavy atom. The first-order valence-electron chi connectivity index (χ1n) is 35.1. The molecule has 2 N–H and O–H groups in total. The first-order valence-corrected chi connectivity index (χ1v) is 35.1. The van der Waals surface area contributed by atoms with Gasteiger partial charge < -0.3 is 10.2 Å². The second-order valence-electron chi connectivity index (χ2n) is 33.7. The van der Waals surface area contributed by atoms with Gasteiger partial charge in [0.05, 0.1) is 50.9 Å². The molecule has 0 spiro atoms. The largest absolute Gasteiger partial charge is 0.507 e. The summed E-state index contributed by atoms with van der Waals surface area (Å²) < 4.78 is 4.53. The van der Waals surface area contributed by atoms with Crippen LogP contribution in [0.1, 0.15) is 169 Å². The van der Waals surface area contributed by atoms with Gasteiger partial charge in [0.1, 0.15) is 23.1 Å². The van der Waals surface area contributed by atoms with Crippen molar-refractivity contribution >= 4 is 22.1 Å². The van der Waals surface area contributed by atoms with E-state index in [1.165, 1.54) is 11.1 Å². The zero-order valence-electron chi connectivity index (χ0n) is 62.7. The number of phenols is 2. The van der Waals surface area contributed by atoms with E-state index < -0.39 is 0 Å². The van der Waals surface area contributed by atoms with Crippen molar-refractivity contribution in [2.24, 2.45) is 0 Å². The van der Waals surface area contributed by atoms with Crippen molar-refractivity contribution in [2.75, 3.05) is 0 Å². The van der Waals surface area contributed by atoms with Crippen LogP contribution >= 0.6 is 0 Å². The maximum absolute atomic E-state index is 12.8. The van der Waals surface area contributed by atoms with Crippen molar-refractivity contribution in [1.29, 1.82) is 0 Å². The molecule has 0 atom stereocenters. The summed E-state index contributed by atoms with van der Waals surface area (Å²) in [5.74, 6) is 1.73. The number of aryl methyl sites for hydroxylation is 2. The molecule has 0 radical (unpaired) electrons. The Labute approximate surface area is 633 Å². The molecule has 13 rings (SSSR count). The molecule has 0 aliphatic rings. The number of phenolic OH excluding ortho intramolecular Hbond substituents is 2. The van der Waals surface area contributed by atoms with Gasteiger partial charge in [0.15, 0.2) is 0 Å². The van der Waals surface area contributed by atoms with E-state index in [0.29, 0.717) is 34.2 Å². The van der Waals surface area contributed by atoms with Crippen molar-refractivity contribution in [3.63, 3.8) is 0 Å². The van der Waals surface area contributed by atoms with E-state index in [1.54, 1.807) is 6.33 Å². The van der Waals surface area contributed by atoms with Crippen LogP contribution in [0.3, 0.4) is 0 Å². The molecule has 0 amide bonds. The van der Waals surface area contributed by atoms with Crippen LogP contribution in [-0.4, -0.2) is 39.3 Å². The summed E-state index contributed by atoms with van der Waals surface area (Å²) in [4.78, 5) is 21.4. The molecule has 102 heavy (non-hydrogen) atoms. The number of hydrogen-bond acceptors (Lipinski definition) is 6. The van der Waals surface area contributed by atoms with E-state index in [1.807, 2.05) is 6.07 Å². The van der Waals surface area contributed by atoms with Crippen molar-refractivity contribution in [3.8, 4) is 113 Å². The third kappa shape index (κ3) is 14.4. The summed E-state index contributed by atoms with van der Waals surface area (Å²) in [6.07, 6.45) is 1.64. The summed E-state index contributed by atoms with van der Waals surface area (Å²) >= 11 is 0. The SMILES string of the molecule is Cc1cc(-c2cc(-c3[c-]c(-c4cccc5c4nc(-c4cc(C(C)(C)C)cc(C(C)(C)C)c4O)n5-c4ccc(C(C)(C)C)cc4-c4ccccc4)cc(C)c3)ncn2)[c-]c(-c2cccc3c2nc(-c2cc(C(C)(C)C)cc(C(C)(C)C)c2O)n3-c2ccc(C(C)(C)C)cc2-c2ccccc2)c1.[Pt].[Pt]. The predicted molar refractivity (Wildman–Crippen MR) is 417 cm³/mol. The van der Waals surface area contributed by atoms with Crippen LogP contribution in [0.5, 0.6) is 11.5 Å². The molecule has 526 valence electrons. The van der Waals surface area contributed by atoms with E-state index in [2.05, 4.69) is 342 Å². The molecule has 0 unspecified atom stereocenters. The van der Waals surface area contributed by atoms with Crippen LogP contribution in [0.2, 0.25) is 0 Å². The number of aromatic hydroxyl groups is 2. The monoisotopic (exact) mass is 1700 g/mol. The standard InChI is InChI=1S/C92H94N6O2.2Pt/c1-55-41-59(67-33-27-35-79-81(67)95-85(71-49-65(89(9,10)11)51-73(83(71)99)91(15,16)17)97(79)77-39-37-63(87(3,4)5)47-69(77)57-29-23-21-24-30-57)45-61(43-55)75-53-76(94-54-93-75)62-44-56(2)42-60(46-62)68-34-28-36-80-82(68)96-86(72-50-66(90(12,13)14)52-74(84(72)100)92(18,19)20)98(80)78-40-38-64(88(6,7)8)48-70(78)58-31-25-22-26-32-58;;/h21-44,47-54,99-100H,1-20H3;;/q-2;;. The van der Waals surface area contributed by atoms with E-state index in [9.17, 15) is 10.2 Å². The predicted octanol–water partition coefficient (Wildman–Crippen LogP) is 23.9. The molecular formula is C92H94N6O2Pt2-2. The Hall–Kier alpha value is -8.80. The third-order valence-electron chi connectivity index (χ3n) is 19.6. The number of hydrogen-bond donors (Lipinski definition) is 2. The maximum Gasteiger partial charge on any atom is 0.148 e. The Kier molecular flexibility index (Phi) is 20.0. The van der Waals surface area contributed by atoms with Gasteiger partial charge in [-0.1, -0.05) is 276 Å². The summed E-state index contributed by atoms with van der Waals surface area (Å²) in [6.45, 7) is 44.1. The molecule has 3 aromatic heterocycles. The zero-order chi connectivity index (χ0) is 71.5. The Morgan fingerprint density at radius 1 is 0.324 bits per heavy atom. The molecule has 10 aromatic carbocycles. The number of nitrogens with zero attached hydrogens (tertiary/aromatic N) is 6. The van der Waals surface area contributed by atoms with Gasteiger partial charge >= 0.3 is 0 Å². The number of rotatable bonds is 10. The van der Waals surface area contributed by atoms with Gasteiger partial charge in [0.2, 0.25) is 0 Å². The van der Waals surface area contributed by atoms with Gasteiger partial charge in [-0.25, -0.2) is 9.97 Å². The fourth-order valence-electron chi connectivity index (χ4n) is 13.8. The van der Waals surface area contributed by atoms with Crippen LogP contribution in [0.25, 0.3) is 123 Å². The number of para-hydroxylation sites is 2. The molecule has 0 aliphatic carbocycles. The molecule has 10 heteroatoms. The first kappa shape index (κ1) is 74.4. The third-order valence-corrected chi connectivity index (χ3v) is 19.6. The van der Waals surface area contributed by atoms with Crippen LogP contribution < -0.4 is 0 Å². The van der Waals surface area contributed by atoms with Crippen LogP contribution in [0.4, 0.5) is 0 Å². The van der Waals surface area contributed by atoms with E-state index >= 15 is 0 Å². The van der Waals surface area contributed by atoms with Gasteiger partial charge in [0.25, 0.3) is 0 Å². The van der Waals surface area contributed by atoms with Crippen LogP contribution in [-0.2, 0) is 74.6 Å². The molecule has 0 fully saturated rings. The molecule has 3 heterocycles. The smallest absolute Gasteiger partial charge is 0.148 e. The van der Waals surface area contributed by atoms with Gasteiger partial charge in [-0.05, 0) is 114 Å². The van der Waals surface area contributed by atoms with Crippen molar-refractivity contribution in [3.05, 3.63) is 251 Å². The van der Waals surface area contributed by atoms with Gasteiger partial charge in [-0.15, -0.1) is 58.7 Å². The van der Waals surface area contributed by atoms with E-state index in [0.717, 1.165) is 122 Å². The van der Waals surface area contributed by atoms with Crippen LogP contribution in [0, 0.1) is 26.0 Å². The number of aromatic nitrogens is 6. The molecule has 0 saturated carbocycles. The molecule has 8 nitrogen and oxygen atoms in total. The number of fused-ring (bicyclic) bond motifs is 2. The fourth-order valence-corrected chi connectivity index (χ4v) is 13.8. The fraction of sp³-hybridized carbons (Fsp3) is 0.283. The average Bonchev–Trinajstić information content (AvgIpc) is 1.57. The van der Waals surface area contributed by atoms with Crippen molar-refractivity contribution in [1.82, 2.24) is 29.1 Å². The minimum absolute atomic E-state index is 0. The topological polar surface area (TPSA) is 102 Å². The van der Waals surface area contributed by atoms with Crippen molar-refractivity contribution in [2.45, 2.75) is 171 Å². The minimum atomic E-state index is -0.374. The Bertz CT molecular complexity index is 5020. The minimum Gasteiger partial charge on any atom is -0.507 e. The quantitative estimate of drug-likeness (QED) is 0.132. The summed E-state index contributed by atoms with van der Waals surface area (Å²) in [6, 6.07) is 74.5. The van der Waals surface area contributed by atoms with Gasteiger partial charge in [-0.3, -0.25) is 19.1 Å².